The Morgan fingerprint density at radius 3 is 2.07 bits per heavy atom. The number of carbonyl (C=O) groups is 2. The van der Waals surface area contributed by atoms with E-state index < -0.39 is 16.9 Å². The number of primary amides is 1. The van der Waals surface area contributed by atoms with Crippen molar-refractivity contribution in [3.8, 4) is 0 Å². The van der Waals surface area contributed by atoms with Crippen molar-refractivity contribution in [3.63, 3.8) is 0 Å². The highest BCUT2D eigenvalue weighted by atomic mass is 16.5. The molecule has 5 nitrogen and oxygen atoms in total. The zero-order valence-corrected chi connectivity index (χ0v) is 10.0. The van der Waals surface area contributed by atoms with Gasteiger partial charge in [0, 0.05) is 6.54 Å². The van der Waals surface area contributed by atoms with Crippen LogP contribution in [0, 0.1) is 5.41 Å². The van der Waals surface area contributed by atoms with E-state index in [1.807, 2.05) is 0 Å². The molecule has 0 aromatic carbocycles. The van der Waals surface area contributed by atoms with E-state index >= 15 is 0 Å². The predicted molar refractivity (Wildman–Crippen MR) is 57.1 cm³/mol. The van der Waals surface area contributed by atoms with Crippen LogP contribution >= 0.6 is 0 Å². The summed E-state index contributed by atoms with van der Waals surface area (Å²) in [4.78, 5) is 22.4. The van der Waals surface area contributed by atoms with Crippen molar-refractivity contribution in [2.24, 2.45) is 11.1 Å². The van der Waals surface area contributed by atoms with Crippen molar-refractivity contribution in [2.45, 2.75) is 33.2 Å². The van der Waals surface area contributed by atoms with Crippen LogP contribution in [0.25, 0.3) is 0 Å². The number of nitrogens with two attached hydrogens (primary N) is 1. The molecule has 0 aliphatic carbocycles. The zero-order valence-electron chi connectivity index (χ0n) is 10.0. The molecule has 1 amide bonds. The average Bonchev–Trinajstić information content (AvgIpc) is 2.13. The Morgan fingerprint density at radius 2 is 1.73 bits per heavy atom. The Morgan fingerprint density at radius 1 is 1.27 bits per heavy atom. The molecule has 0 aromatic rings. The quantitative estimate of drug-likeness (QED) is 0.636. The van der Waals surface area contributed by atoms with Gasteiger partial charge in [0.05, 0.1) is 18.1 Å². The molecule has 3 N–H and O–H groups in total. The number of carbonyl (C=O) groups excluding carboxylic acids is 2. The van der Waals surface area contributed by atoms with Gasteiger partial charge in [-0.05, 0) is 27.7 Å². The fourth-order valence-corrected chi connectivity index (χ4v) is 0.878. The molecule has 0 aliphatic heterocycles. The van der Waals surface area contributed by atoms with E-state index in [0.29, 0.717) is 6.54 Å². The smallest absolute Gasteiger partial charge is 0.312 e. The van der Waals surface area contributed by atoms with Gasteiger partial charge in [-0.2, -0.15) is 0 Å². The van der Waals surface area contributed by atoms with Crippen molar-refractivity contribution in [3.05, 3.63) is 0 Å². The van der Waals surface area contributed by atoms with Crippen LogP contribution in [-0.2, 0) is 14.3 Å². The lowest BCUT2D eigenvalue weighted by molar-refractivity contribution is -0.150. The van der Waals surface area contributed by atoms with Crippen molar-refractivity contribution >= 4 is 11.9 Å². The van der Waals surface area contributed by atoms with Crippen molar-refractivity contribution < 1.29 is 14.3 Å². The van der Waals surface area contributed by atoms with Crippen LogP contribution in [0.15, 0.2) is 0 Å². The summed E-state index contributed by atoms with van der Waals surface area (Å²) in [5, 5.41) is 2.94. The minimum atomic E-state index is -0.828. The normalized spacial score (nSPS) is 12.3. The van der Waals surface area contributed by atoms with Crippen LogP contribution in [0.2, 0.25) is 0 Å². The summed E-state index contributed by atoms with van der Waals surface area (Å²) in [7, 11) is 1.34. The molecular weight excluding hydrogens is 196 g/mol. The molecule has 0 bridgehead atoms. The largest absolute Gasteiger partial charge is 0.469 e. The number of hydrogen-bond acceptors (Lipinski definition) is 4. The van der Waals surface area contributed by atoms with E-state index in [1.165, 1.54) is 7.11 Å². The number of ether oxygens (including phenoxy) is 1. The first-order valence-corrected chi connectivity index (χ1v) is 4.77. The Labute approximate surface area is 90.4 Å². The second-order valence-electron chi connectivity index (χ2n) is 4.72. The molecule has 88 valence electrons. The van der Waals surface area contributed by atoms with Gasteiger partial charge >= 0.3 is 5.97 Å². The van der Waals surface area contributed by atoms with E-state index in [1.54, 1.807) is 27.7 Å². The summed E-state index contributed by atoms with van der Waals surface area (Å²) >= 11 is 0. The summed E-state index contributed by atoms with van der Waals surface area (Å²) in [6.07, 6.45) is 0. The highest BCUT2D eigenvalue weighted by Crippen LogP contribution is 2.17. The minimum absolute atomic E-state index is 0.324. The van der Waals surface area contributed by atoms with E-state index in [0.717, 1.165) is 0 Å². The van der Waals surface area contributed by atoms with Gasteiger partial charge in [-0.1, -0.05) is 0 Å². The summed E-state index contributed by atoms with van der Waals surface area (Å²) in [6.45, 7) is 7.15. The van der Waals surface area contributed by atoms with Gasteiger partial charge in [0.2, 0.25) is 5.91 Å². The van der Waals surface area contributed by atoms with Gasteiger partial charge < -0.3 is 15.8 Å². The summed E-state index contributed by atoms with van der Waals surface area (Å²) in [5.74, 6) is -0.779. The van der Waals surface area contributed by atoms with Gasteiger partial charge in [0.15, 0.2) is 0 Å². The van der Waals surface area contributed by atoms with E-state index in [-0.39, 0.29) is 5.97 Å². The monoisotopic (exact) mass is 216 g/mol. The van der Waals surface area contributed by atoms with Crippen LogP contribution in [0.4, 0.5) is 0 Å². The topological polar surface area (TPSA) is 81.4 Å². The fraction of sp³-hybridized carbons (Fsp3) is 0.800. The Balaban J connectivity index is 4.39. The number of esters is 1. The van der Waals surface area contributed by atoms with Crippen molar-refractivity contribution in [2.75, 3.05) is 13.7 Å². The maximum absolute atomic E-state index is 11.3. The second-order valence-corrected chi connectivity index (χ2v) is 4.72. The number of hydrogen-bond donors (Lipinski definition) is 2. The molecule has 0 radical (unpaired) electrons. The molecular formula is C10H20N2O3. The molecule has 0 fully saturated rings. The second kappa shape index (κ2) is 4.61. The highest BCUT2D eigenvalue weighted by molar-refractivity contribution is 5.83. The fourth-order valence-electron chi connectivity index (χ4n) is 0.878. The van der Waals surface area contributed by atoms with Crippen LogP contribution in [0.3, 0.4) is 0 Å². The van der Waals surface area contributed by atoms with Gasteiger partial charge in [-0.25, -0.2) is 0 Å². The van der Waals surface area contributed by atoms with Crippen molar-refractivity contribution in [1.29, 1.82) is 0 Å². The first-order chi connectivity index (χ1) is 6.63. The SMILES string of the molecule is COC(=O)C(C)(C)CNC(C)(C)C(N)=O. The lowest BCUT2D eigenvalue weighted by Crippen LogP contribution is -2.54. The molecule has 5 heteroatoms. The Hall–Kier alpha value is -1.10. The van der Waals surface area contributed by atoms with Gasteiger partial charge in [0.25, 0.3) is 0 Å². The van der Waals surface area contributed by atoms with Gasteiger partial charge in [0.1, 0.15) is 0 Å². The Bertz CT molecular complexity index is 259. The molecule has 0 aromatic heterocycles. The molecule has 0 saturated carbocycles. The number of rotatable bonds is 5. The van der Waals surface area contributed by atoms with E-state index in [2.05, 4.69) is 10.1 Å². The van der Waals surface area contributed by atoms with Crippen LogP contribution < -0.4 is 11.1 Å². The van der Waals surface area contributed by atoms with Crippen LogP contribution in [0.1, 0.15) is 27.7 Å². The van der Waals surface area contributed by atoms with Crippen LogP contribution in [-0.4, -0.2) is 31.1 Å². The standard InChI is InChI=1S/C10H20N2O3/c1-9(2,8(14)15-5)6-12-10(3,4)7(11)13/h12H,6H2,1-5H3,(H2,11,13). The van der Waals surface area contributed by atoms with E-state index in [9.17, 15) is 9.59 Å². The lowest BCUT2D eigenvalue weighted by Gasteiger charge is -2.28. The number of nitrogens with one attached hydrogen (secondary N) is 1. The maximum Gasteiger partial charge on any atom is 0.312 e. The number of amides is 1. The maximum atomic E-state index is 11.3. The molecule has 0 aliphatic rings. The highest BCUT2D eigenvalue weighted by Gasteiger charge is 2.32. The molecule has 0 saturated heterocycles. The molecule has 0 heterocycles. The summed E-state index contributed by atoms with van der Waals surface area (Å²) in [5.41, 5.74) is 3.68. The third-order valence-electron chi connectivity index (χ3n) is 2.33. The minimum Gasteiger partial charge on any atom is -0.469 e. The molecule has 15 heavy (non-hydrogen) atoms. The summed E-state index contributed by atoms with van der Waals surface area (Å²) in [6, 6.07) is 0. The van der Waals surface area contributed by atoms with Gasteiger partial charge in [-0.15, -0.1) is 0 Å². The average molecular weight is 216 g/mol. The third-order valence-corrected chi connectivity index (χ3v) is 2.33. The first kappa shape index (κ1) is 13.9. The van der Waals surface area contributed by atoms with E-state index in [4.69, 9.17) is 5.73 Å². The van der Waals surface area contributed by atoms with Gasteiger partial charge in [-0.3, -0.25) is 9.59 Å². The lowest BCUT2D eigenvalue weighted by atomic mass is 9.92. The molecule has 0 rings (SSSR count). The zero-order chi connectivity index (χ0) is 12.3. The van der Waals surface area contributed by atoms with Crippen molar-refractivity contribution in [1.82, 2.24) is 5.32 Å². The first-order valence-electron chi connectivity index (χ1n) is 4.77. The third kappa shape index (κ3) is 3.87. The predicted octanol–water partition coefficient (Wildman–Crippen LogP) is 0.0391. The molecule has 0 atom stereocenters. The Kier molecular flexibility index (Phi) is 4.27. The molecule has 0 unspecified atom stereocenters. The summed E-state index contributed by atoms with van der Waals surface area (Å²) < 4.78 is 4.65. The van der Waals surface area contributed by atoms with Crippen LogP contribution in [0.5, 0.6) is 0 Å². The number of methoxy groups -OCH3 is 1. The molecule has 0 spiro atoms.